The van der Waals surface area contributed by atoms with Gasteiger partial charge in [0.25, 0.3) is 0 Å². The first-order chi connectivity index (χ1) is 9.42. The van der Waals surface area contributed by atoms with Crippen molar-refractivity contribution in [2.24, 2.45) is 16.3 Å². The molecular formula is C14H23N3O3. The van der Waals surface area contributed by atoms with E-state index in [0.717, 1.165) is 23.6 Å². The summed E-state index contributed by atoms with van der Waals surface area (Å²) in [6.07, 6.45) is 0.725. The van der Waals surface area contributed by atoms with Crippen molar-refractivity contribution >= 4 is 11.5 Å². The molecule has 6 heteroatoms. The summed E-state index contributed by atoms with van der Waals surface area (Å²) in [4.78, 5) is 0. The van der Waals surface area contributed by atoms with E-state index in [1.807, 2.05) is 32.0 Å². The highest BCUT2D eigenvalue weighted by atomic mass is 16.5. The molecule has 0 aliphatic carbocycles. The van der Waals surface area contributed by atoms with Gasteiger partial charge in [0.05, 0.1) is 14.2 Å². The van der Waals surface area contributed by atoms with Crippen molar-refractivity contribution in [1.29, 1.82) is 0 Å². The topological polar surface area (TPSA) is 89.1 Å². The van der Waals surface area contributed by atoms with Crippen molar-refractivity contribution in [3.8, 4) is 11.5 Å². The Morgan fingerprint density at radius 3 is 2.25 bits per heavy atom. The van der Waals surface area contributed by atoms with Crippen molar-refractivity contribution in [1.82, 2.24) is 0 Å². The number of anilines is 1. The fraction of sp³-hybridized carbons (Fsp3) is 0.500. The number of nitrogens with zero attached hydrogens (tertiary/aromatic N) is 1. The van der Waals surface area contributed by atoms with Crippen LogP contribution in [0.25, 0.3) is 0 Å². The Morgan fingerprint density at radius 1 is 1.25 bits per heavy atom. The Labute approximate surface area is 119 Å². The zero-order valence-corrected chi connectivity index (χ0v) is 12.4. The first-order valence-corrected chi connectivity index (χ1v) is 6.38. The maximum absolute atomic E-state index is 8.73. The van der Waals surface area contributed by atoms with Gasteiger partial charge < -0.3 is 25.7 Å². The van der Waals surface area contributed by atoms with E-state index in [2.05, 4.69) is 10.5 Å². The number of rotatable bonds is 7. The average Bonchev–Trinajstić information content (AvgIpc) is 2.45. The van der Waals surface area contributed by atoms with Gasteiger partial charge in [0, 0.05) is 35.8 Å². The molecule has 0 heterocycles. The van der Waals surface area contributed by atoms with Gasteiger partial charge in [-0.1, -0.05) is 19.0 Å². The molecule has 0 atom stereocenters. The predicted molar refractivity (Wildman–Crippen MR) is 79.8 cm³/mol. The average molecular weight is 281 g/mol. The molecule has 0 aliphatic rings. The van der Waals surface area contributed by atoms with E-state index in [4.69, 9.17) is 20.4 Å². The molecule has 0 spiro atoms. The third kappa shape index (κ3) is 4.22. The standard InChI is InChI=1S/C14H23N3O3/c1-14(2,13(15)17-18)5-6-16-10-7-11(19-3)9-12(8-10)20-4/h7-9,16,18H,5-6H2,1-4H3,(H2,15,17). The van der Waals surface area contributed by atoms with Crippen LogP contribution in [0.5, 0.6) is 11.5 Å². The van der Waals surface area contributed by atoms with Crippen LogP contribution in [0.15, 0.2) is 23.4 Å². The number of hydrogen-bond acceptors (Lipinski definition) is 5. The minimum atomic E-state index is -0.370. The quantitative estimate of drug-likeness (QED) is 0.309. The van der Waals surface area contributed by atoms with E-state index >= 15 is 0 Å². The van der Waals surface area contributed by atoms with Gasteiger partial charge in [-0.05, 0) is 6.42 Å². The zero-order chi connectivity index (χ0) is 15.2. The molecule has 0 amide bonds. The largest absolute Gasteiger partial charge is 0.497 e. The summed E-state index contributed by atoms with van der Waals surface area (Å²) in [5, 5.41) is 15.1. The summed E-state index contributed by atoms with van der Waals surface area (Å²) in [5.74, 6) is 1.67. The van der Waals surface area contributed by atoms with E-state index in [0.29, 0.717) is 6.54 Å². The van der Waals surface area contributed by atoms with Crippen molar-refractivity contribution in [3.63, 3.8) is 0 Å². The monoisotopic (exact) mass is 281 g/mol. The minimum Gasteiger partial charge on any atom is -0.497 e. The van der Waals surface area contributed by atoms with Gasteiger partial charge in [-0.3, -0.25) is 0 Å². The Bertz CT molecular complexity index is 450. The van der Waals surface area contributed by atoms with E-state index in [-0.39, 0.29) is 11.3 Å². The second-order valence-electron chi connectivity index (χ2n) is 5.15. The Balaban J connectivity index is 2.66. The van der Waals surface area contributed by atoms with Gasteiger partial charge in [0.2, 0.25) is 0 Å². The van der Waals surface area contributed by atoms with Crippen molar-refractivity contribution < 1.29 is 14.7 Å². The van der Waals surface area contributed by atoms with Crippen molar-refractivity contribution in [3.05, 3.63) is 18.2 Å². The lowest BCUT2D eigenvalue weighted by molar-refractivity contribution is 0.306. The smallest absolute Gasteiger partial charge is 0.144 e. The molecule has 4 N–H and O–H groups in total. The highest BCUT2D eigenvalue weighted by Crippen LogP contribution is 2.26. The molecule has 0 saturated heterocycles. The molecule has 1 rings (SSSR count). The second-order valence-corrected chi connectivity index (χ2v) is 5.15. The van der Waals surface area contributed by atoms with Gasteiger partial charge >= 0.3 is 0 Å². The lowest BCUT2D eigenvalue weighted by atomic mass is 9.88. The van der Waals surface area contributed by atoms with E-state index < -0.39 is 0 Å². The fourth-order valence-corrected chi connectivity index (χ4v) is 1.69. The van der Waals surface area contributed by atoms with Crippen LogP contribution in [0.3, 0.4) is 0 Å². The van der Waals surface area contributed by atoms with E-state index in [1.165, 1.54) is 0 Å². The van der Waals surface area contributed by atoms with Crippen LogP contribution in [0.4, 0.5) is 5.69 Å². The van der Waals surface area contributed by atoms with Crippen LogP contribution >= 0.6 is 0 Å². The summed E-state index contributed by atoms with van der Waals surface area (Å²) in [6.45, 7) is 4.53. The molecule has 1 aromatic rings. The molecule has 20 heavy (non-hydrogen) atoms. The van der Waals surface area contributed by atoms with Crippen LogP contribution in [-0.4, -0.2) is 31.8 Å². The second kappa shape index (κ2) is 6.88. The van der Waals surface area contributed by atoms with Crippen LogP contribution in [0, 0.1) is 5.41 Å². The van der Waals surface area contributed by atoms with E-state index in [1.54, 1.807) is 14.2 Å². The molecule has 112 valence electrons. The summed E-state index contributed by atoms with van der Waals surface area (Å²) < 4.78 is 10.4. The molecule has 6 nitrogen and oxygen atoms in total. The third-order valence-electron chi connectivity index (χ3n) is 3.23. The highest BCUT2D eigenvalue weighted by Gasteiger charge is 2.22. The van der Waals surface area contributed by atoms with Gasteiger partial charge in [-0.2, -0.15) is 0 Å². The van der Waals surface area contributed by atoms with Crippen molar-refractivity contribution in [2.45, 2.75) is 20.3 Å². The maximum atomic E-state index is 8.73. The Morgan fingerprint density at radius 2 is 1.80 bits per heavy atom. The molecule has 0 unspecified atom stereocenters. The van der Waals surface area contributed by atoms with Crippen LogP contribution in [-0.2, 0) is 0 Å². The SMILES string of the molecule is COc1cc(NCCC(C)(C)C(N)=NO)cc(OC)c1. The number of nitrogens with one attached hydrogen (secondary N) is 1. The van der Waals surface area contributed by atoms with Gasteiger partial charge in [-0.25, -0.2) is 0 Å². The molecule has 0 fully saturated rings. The predicted octanol–water partition coefficient (Wildman–Crippen LogP) is 2.28. The molecular weight excluding hydrogens is 258 g/mol. The van der Waals surface area contributed by atoms with Crippen LogP contribution < -0.4 is 20.5 Å². The van der Waals surface area contributed by atoms with Gasteiger partial charge in [-0.15, -0.1) is 0 Å². The number of ether oxygens (including phenoxy) is 2. The Kier molecular flexibility index (Phi) is 5.49. The minimum absolute atomic E-state index is 0.225. The number of benzene rings is 1. The van der Waals surface area contributed by atoms with Crippen molar-refractivity contribution in [2.75, 3.05) is 26.1 Å². The number of amidine groups is 1. The number of oxime groups is 1. The summed E-state index contributed by atoms with van der Waals surface area (Å²) in [5.41, 5.74) is 6.18. The molecule has 0 bridgehead atoms. The highest BCUT2D eigenvalue weighted by molar-refractivity contribution is 5.85. The summed E-state index contributed by atoms with van der Waals surface area (Å²) in [7, 11) is 3.22. The van der Waals surface area contributed by atoms with Crippen LogP contribution in [0.2, 0.25) is 0 Å². The lowest BCUT2D eigenvalue weighted by Crippen LogP contribution is -2.33. The molecule has 1 aromatic carbocycles. The number of methoxy groups -OCH3 is 2. The maximum Gasteiger partial charge on any atom is 0.144 e. The van der Waals surface area contributed by atoms with Gasteiger partial charge in [0.1, 0.15) is 17.3 Å². The third-order valence-corrected chi connectivity index (χ3v) is 3.23. The molecule has 0 radical (unpaired) electrons. The lowest BCUT2D eigenvalue weighted by Gasteiger charge is -2.23. The number of nitrogens with two attached hydrogens (primary N) is 1. The molecule has 0 saturated carbocycles. The molecule has 0 aliphatic heterocycles. The summed E-state index contributed by atoms with van der Waals surface area (Å²) in [6, 6.07) is 5.59. The number of hydrogen-bond donors (Lipinski definition) is 3. The summed E-state index contributed by atoms with van der Waals surface area (Å²) >= 11 is 0. The van der Waals surface area contributed by atoms with Gasteiger partial charge in [0.15, 0.2) is 0 Å². The fourth-order valence-electron chi connectivity index (χ4n) is 1.69. The van der Waals surface area contributed by atoms with Crippen LogP contribution in [0.1, 0.15) is 20.3 Å². The van der Waals surface area contributed by atoms with E-state index in [9.17, 15) is 0 Å². The zero-order valence-electron chi connectivity index (χ0n) is 12.4. The first-order valence-electron chi connectivity index (χ1n) is 6.38. The molecule has 0 aromatic heterocycles. The Hall–Kier alpha value is -2.11. The normalized spacial score (nSPS) is 12.1. The first kappa shape index (κ1) is 15.9.